The fourth-order valence-corrected chi connectivity index (χ4v) is 3.38. The zero-order chi connectivity index (χ0) is 22.1. The molecule has 3 aromatic heterocycles. The van der Waals surface area contributed by atoms with E-state index in [0.717, 1.165) is 5.56 Å². The van der Waals surface area contributed by atoms with Crippen LogP contribution in [0.25, 0.3) is 17.0 Å². The van der Waals surface area contributed by atoms with Crippen LogP contribution in [-0.4, -0.2) is 49.2 Å². The topological polar surface area (TPSA) is 97.0 Å². The molecule has 0 saturated heterocycles. The second-order valence-electron chi connectivity index (χ2n) is 7.27. The summed E-state index contributed by atoms with van der Waals surface area (Å²) in [6.07, 6.45) is 4.63. The molecule has 0 radical (unpaired) electrons. The van der Waals surface area contributed by atoms with Crippen LogP contribution >= 0.6 is 13.5 Å². The van der Waals surface area contributed by atoms with Crippen molar-refractivity contribution in [1.82, 2.24) is 29.5 Å². The first-order valence-corrected chi connectivity index (χ1v) is 10.0. The van der Waals surface area contributed by atoms with Gasteiger partial charge in [0, 0.05) is 6.20 Å². The predicted molar refractivity (Wildman–Crippen MR) is 125 cm³/mol. The van der Waals surface area contributed by atoms with E-state index in [2.05, 4.69) is 59.1 Å². The largest absolute Gasteiger partial charge is 0.479 e. The van der Waals surface area contributed by atoms with E-state index in [1.54, 1.807) is 20.2 Å². The fourth-order valence-electron chi connectivity index (χ4n) is 3.38. The maximum atomic E-state index is 11.9. The molecule has 0 aliphatic heterocycles. The molecule has 0 spiro atoms. The average Bonchev–Trinajstić information content (AvgIpc) is 3.42. The van der Waals surface area contributed by atoms with E-state index in [1.807, 2.05) is 4.68 Å². The number of nitrogens with zero attached hydrogens (tertiary/aromatic N) is 6. The van der Waals surface area contributed by atoms with E-state index in [9.17, 15) is 4.79 Å². The molecule has 1 aromatic carbocycles. The Labute approximate surface area is 192 Å². The number of esters is 1. The summed E-state index contributed by atoms with van der Waals surface area (Å²) in [4.78, 5) is 21.0. The third kappa shape index (κ3) is 4.18. The Kier molecular flexibility index (Phi) is 6.83. The summed E-state index contributed by atoms with van der Waals surface area (Å²) in [5.41, 5.74) is 5.23. The van der Waals surface area contributed by atoms with Gasteiger partial charge in [-0.1, -0.05) is 18.2 Å². The van der Waals surface area contributed by atoms with Gasteiger partial charge in [-0.15, -0.1) is 0 Å². The van der Waals surface area contributed by atoms with Crippen LogP contribution in [0.2, 0.25) is 0 Å². The number of rotatable bonds is 6. The van der Waals surface area contributed by atoms with Crippen LogP contribution in [0.1, 0.15) is 46.9 Å². The molecule has 0 aliphatic rings. The van der Waals surface area contributed by atoms with Crippen LogP contribution < -0.4 is 4.74 Å². The SMILES string of the molecule is CCOC(=O)c1cnn(-c2nc(OC)c3c(cnn3[C@@H](C)c3ccc(C)c(C)c3)n2)c1.S. The average molecular weight is 455 g/mol. The lowest BCUT2D eigenvalue weighted by molar-refractivity contribution is 0.0526. The number of benzene rings is 1. The van der Waals surface area contributed by atoms with Crippen molar-refractivity contribution in [3.8, 4) is 11.8 Å². The Hall–Kier alpha value is -3.40. The molecule has 0 amide bonds. The lowest BCUT2D eigenvalue weighted by atomic mass is 10.0. The lowest BCUT2D eigenvalue weighted by Crippen LogP contribution is -2.11. The Morgan fingerprint density at radius 3 is 2.59 bits per heavy atom. The third-order valence-corrected chi connectivity index (χ3v) is 5.27. The Bertz CT molecular complexity index is 1270. The maximum absolute atomic E-state index is 11.9. The second kappa shape index (κ2) is 9.39. The molecule has 4 rings (SSSR count). The van der Waals surface area contributed by atoms with Gasteiger partial charge in [-0.25, -0.2) is 14.5 Å². The molecule has 0 aliphatic carbocycles. The normalized spacial score (nSPS) is 11.8. The van der Waals surface area contributed by atoms with Crippen molar-refractivity contribution in [2.24, 2.45) is 0 Å². The minimum Gasteiger partial charge on any atom is -0.479 e. The van der Waals surface area contributed by atoms with Gasteiger partial charge in [-0.3, -0.25) is 4.68 Å². The van der Waals surface area contributed by atoms with Crippen molar-refractivity contribution < 1.29 is 14.3 Å². The van der Waals surface area contributed by atoms with Crippen molar-refractivity contribution in [3.05, 3.63) is 59.0 Å². The van der Waals surface area contributed by atoms with Crippen molar-refractivity contribution >= 4 is 30.5 Å². The van der Waals surface area contributed by atoms with Crippen LogP contribution in [-0.2, 0) is 4.74 Å². The third-order valence-electron chi connectivity index (χ3n) is 5.27. The summed E-state index contributed by atoms with van der Waals surface area (Å²) >= 11 is 0. The first-order valence-electron chi connectivity index (χ1n) is 10.0. The molecule has 168 valence electrons. The van der Waals surface area contributed by atoms with Crippen molar-refractivity contribution in [1.29, 1.82) is 0 Å². The highest BCUT2D eigenvalue weighted by Crippen LogP contribution is 2.29. The van der Waals surface area contributed by atoms with Crippen molar-refractivity contribution in [2.45, 2.75) is 33.7 Å². The van der Waals surface area contributed by atoms with Gasteiger partial charge in [0.2, 0.25) is 5.88 Å². The molecule has 0 unspecified atom stereocenters. The van der Waals surface area contributed by atoms with Gasteiger partial charge in [-0.2, -0.15) is 28.7 Å². The molecule has 32 heavy (non-hydrogen) atoms. The minimum absolute atomic E-state index is 0. The van der Waals surface area contributed by atoms with Gasteiger partial charge in [0.15, 0.2) is 0 Å². The molecule has 0 N–H and O–H groups in total. The van der Waals surface area contributed by atoms with E-state index >= 15 is 0 Å². The van der Waals surface area contributed by atoms with Crippen LogP contribution in [0.5, 0.6) is 5.88 Å². The molecular formula is C22H26N6O3S. The van der Waals surface area contributed by atoms with E-state index in [-0.39, 0.29) is 32.1 Å². The van der Waals surface area contributed by atoms with Gasteiger partial charge in [0.05, 0.1) is 37.7 Å². The van der Waals surface area contributed by atoms with Crippen LogP contribution in [0.15, 0.2) is 36.8 Å². The highest BCUT2D eigenvalue weighted by atomic mass is 32.1. The number of fused-ring (bicyclic) bond motifs is 1. The van der Waals surface area contributed by atoms with Crippen LogP contribution in [0, 0.1) is 13.8 Å². The first-order chi connectivity index (χ1) is 14.9. The van der Waals surface area contributed by atoms with Gasteiger partial charge in [0.1, 0.15) is 11.0 Å². The monoisotopic (exact) mass is 454 g/mol. The van der Waals surface area contributed by atoms with E-state index in [1.165, 1.54) is 28.2 Å². The quantitative estimate of drug-likeness (QED) is 0.411. The Morgan fingerprint density at radius 1 is 1.12 bits per heavy atom. The van der Waals surface area contributed by atoms with E-state index in [0.29, 0.717) is 22.5 Å². The highest BCUT2D eigenvalue weighted by molar-refractivity contribution is 7.59. The highest BCUT2D eigenvalue weighted by Gasteiger charge is 2.20. The number of ether oxygens (including phenoxy) is 2. The Morgan fingerprint density at radius 2 is 1.91 bits per heavy atom. The number of hydrogen-bond acceptors (Lipinski definition) is 7. The second-order valence-corrected chi connectivity index (χ2v) is 7.27. The summed E-state index contributed by atoms with van der Waals surface area (Å²) in [5, 5.41) is 8.74. The zero-order valence-corrected chi connectivity index (χ0v) is 19.7. The van der Waals surface area contributed by atoms with Gasteiger partial charge < -0.3 is 9.47 Å². The summed E-state index contributed by atoms with van der Waals surface area (Å²) in [6.45, 7) is 8.30. The maximum Gasteiger partial charge on any atom is 0.341 e. The predicted octanol–water partition coefficient (Wildman–Crippen LogP) is 3.54. The Balaban J connectivity index is 0.00000289. The van der Waals surface area contributed by atoms with Crippen LogP contribution in [0.3, 0.4) is 0 Å². The molecule has 10 heteroatoms. The van der Waals surface area contributed by atoms with Crippen molar-refractivity contribution in [3.63, 3.8) is 0 Å². The molecular weight excluding hydrogens is 428 g/mol. The fraction of sp³-hybridized carbons (Fsp3) is 0.318. The summed E-state index contributed by atoms with van der Waals surface area (Å²) in [7, 11) is 1.55. The number of aryl methyl sites for hydroxylation is 2. The van der Waals surface area contributed by atoms with Crippen LogP contribution in [0.4, 0.5) is 0 Å². The van der Waals surface area contributed by atoms with Gasteiger partial charge >= 0.3 is 5.97 Å². The molecule has 3 heterocycles. The minimum atomic E-state index is -0.447. The number of carbonyl (C=O) groups is 1. The number of hydrogen-bond donors (Lipinski definition) is 0. The molecule has 4 aromatic rings. The molecule has 9 nitrogen and oxygen atoms in total. The van der Waals surface area contributed by atoms with Gasteiger partial charge in [-0.05, 0) is 44.4 Å². The van der Waals surface area contributed by atoms with Gasteiger partial charge in [0.25, 0.3) is 5.95 Å². The molecule has 1 atom stereocenters. The number of carbonyl (C=O) groups excluding carboxylic acids is 1. The number of methoxy groups -OCH3 is 1. The summed E-state index contributed by atoms with van der Waals surface area (Å²) in [5.74, 6) is 0.205. The molecule has 0 fully saturated rings. The zero-order valence-electron chi connectivity index (χ0n) is 18.7. The number of aromatic nitrogens is 6. The smallest absolute Gasteiger partial charge is 0.341 e. The van der Waals surface area contributed by atoms with E-state index < -0.39 is 5.97 Å². The molecule has 0 bridgehead atoms. The standard InChI is InChI=1S/C22H24N6O3.H2S/c1-6-31-21(29)17-10-23-27(12-17)22-25-18-11-24-28(19(18)20(26-22)30-5)15(4)16-8-7-13(2)14(3)9-16;/h7-12,15H,6H2,1-5H3;1H2/t15-;/m0./s1. The first kappa shape index (κ1) is 23.3. The summed E-state index contributed by atoms with van der Waals surface area (Å²) < 4.78 is 13.8. The van der Waals surface area contributed by atoms with E-state index in [4.69, 9.17) is 9.47 Å². The summed E-state index contributed by atoms with van der Waals surface area (Å²) in [6, 6.07) is 6.33. The molecule has 0 saturated carbocycles. The van der Waals surface area contributed by atoms with Crippen molar-refractivity contribution in [2.75, 3.05) is 13.7 Å². The lowest BCUT2D eigenvalue weighted by Gasteiger charge is -2.16.